The summed E-state index contributed by atoms with van der Waals surface area (Å²) in [6, 6.07) is 1.91. The Morgan fingerprint density at radius 1 is 1.47 bits per heavy atom. The lowest BCUT2D eigenvalue weighted by Crippen LogP contribution is -2.35. The lowest BCUT2D eigenvalue weighted by atomic mass is 10.1. The van der Waals surface area contributed by atoms with Crippen LogP contribution in [0, 0.1) is 0 Å². The molecule has 0 spiro atoms. The molecule has 1 saturated heterocycles. The van der Waals surface area contributed by atoms with Crippen LogP contribution < -0.4 is 4.74 Å². The fourth-order valence-corrected chi connectivity index (χ4v) is 2.08. The summed E-state index contributed by atoms with van der Waals surface area (Å²) in [6.45, 7) is 2.24. The predicted molar refractivity (Wildman–Crippen MR) is 63.1 cm³/mol. The first kappa shape index (κ1) is 10.9. The third kappa shape index (κ3) is 2.92. The predicted octanol–water partition coefficient (Wildman–Crippen LogP) is 2.32. The van der Waals surface area contributed by atoms with Crippen molar-refractivity contribution in [2.24, 2.45) is 0 Å². The fourth-order valence-electron chi connectivity index (χ4n) is 1.74. The summed E-state index contributed by atoms with van der Waals surface area (Å²) in [5, 5.41) is 0. The number of halogens is 1. The van der Waals surface area contributed by atoms with E-state index in [1.54, 1.807) is 12.4 Å². The zero-order valence-electron chi connectivity index (χ0n) is 8.82. The molecule has 0 saturated carbocycles. The van der Waals surface area contributed by atoms with Crippen LogP contribution in [0.2, 0.25) is 0 Å². The fraction of sp³-hybridized carbons (Fsp3) is 0.545. The molecule has 1 aliphatic heterocycles. The minimum absolute atomic E-state index is 0.347. The summed E-state index contributed by atoms with van der Waals surface area (Å²) in [7, 11) is 2.15. The van der Waals surface area contributed by atoms with Crippen molar-refractivity contribution in [3.63, 3.8) is 0 Å². The molecule has 0 aliphatic carbocycles. The number of hydrogen-bond donors (Lipinski definition) is 0. The molecule has 0 amide bonds. The minimum Gasteiger partial charge on any atom is -0.489 e. The van der Waals surface area contributed by atoms with Crippen LogP contribution in [0.1, 0.15) is 12.8 Å². The van der Waals surface area contributed by atoms with Crippen LogP contribution in [-0.4, -0.2) is 36.1 Å². The summed E-state index contributed by atoms with van der Waals surface area (Å²) in [5.74, 6) is 0.902. The topological polar surface area (TPSA) is 25.4 Å². The molecule has 2 rings (SSSR count). The van der Waals surface area contributed by atoms with E-state index >= 15 is 0 Å². The molecular weight excluding hydrogens is 256 g/mol. The normalized spacial score (nSPS) is 19.1. The van der Waals surface area contributed by atoms with Gasteiger partial charge in [-0.15, -0.1) is 0 Å². The second-order valence-electron chi connectivity index (χ2n) is 3.93. The van der Waals surface area contributed by atoms with E-state index in [2.05, 4.69) is 32.9 Å². The molecule has 0 N–H and O–H groups in total. The van der Waals surface area contributed by atoms with E-state index in [9.17, 15) is 0 Å². The summed E-state index contributed by atoms with van der Waals surface area (Å²) in [5.41, 5.74) is 0. The summed E-state index contributed by atoms with van der Waals surface area (Å²) in [4.78, 5) is 6.35. The zero-order valence-corrected chi connectivity index (χ0v) is 10.4. The number of nitrogens with zero attached hydrogens (tertiary/aromatic N) is 2. The maximum absolute atomic E-state index is 5.92. The quantitative estimate of drug-likeness (QED) is 0.825. The van der Waals surface area contributed by atoms with E-state index in [1.807, 2.05) is 6.07 Å². The zero-order chi connectivity index (χ0) is 10.7. The highest BCUT2D eigenvalue weighted by molar-refractivity contribution is 9.10. The highest BCUT2D eigenvalue weighted by Crippen LogP contribution is 2.26. The van der Waals surface area contributed by atoms with Gasteiger partial charge in [0.2, 0.25) is 0 Å². The van der Waals surface area contributed by atoms with Crippen molar-refractivity contribution in [2.45, 2.75) is 18.9 Å². The molecule has 0 atom stereocenters. The standard InChI is InChI=1S/C11H15BrN2O/c1-14-6-3-9(4-7-14)15-11-2-5-13-8-10(11)12/h2,5,8-9H,3-4,6-7H2,1H3. The number of piperidine rings is 1. The van der Waals surface area contributed by atoms with Crippen molar-refractivity contribution in [3.05, 3.63) is 22.9 Å². The average molecular weight is 271 g/mol. The molecule has 1 aliphatic rings. The lowest BCUT2D eigenvalue weighted by Gasteiger charge is -2.29. The first-order valence-corrected chi connectivity index (χ1v) is 6.00. The maximum Gasteiger partial charge on any atom is 0.136 e. The second kappa shape index (κ2) is 4.94. The Bertz CT molecular complexity index is 324. The Kier molecular flexibility index (Phi) is 3.59. The highest BCUT2D eigenvalue weighted by atomic mass is 79.9. The van der Waals surface area contributed by atoms with Gasteiger partial charge in [-0.25, -0.2) is 0 Å². The number of hydrogen-bond acceptors (Lipinski definition) is 3. The van der Waals surface area contributed by atoms with Crippen LogP contribution in [0.25, 0.3) is 0 Å². The first-order valence-electron chi connectivity index (χ1n) is 5.20. The summed E-state index contributed by atoms with van der Waals surface area (Å²) in [6.07, 6.45) is 6.08. The maximum atomic E-state index is 5.92. The van der Waals surface area contributed by atoms with E-state index in [1.165, 1.54) is 0 Å². The summed E-state index contributed by atoms with van der Waals surface area (Å²) < 4.78 is 6.86. The van der Waals surface area contributed by atoms with Crippen molar-refractivity contribution in [1.29, 1.82) is 0 Å². The summed E-state index contributed by atoms with van der Waals surface area (Å²) >= 11 is 3.44. The van der Waals surface area contributed by atoms with Gasteiger partial charge in [0.05, 0.1) is 4.47 Å². The Balaban J connectivity index is 1.95. The number of ether oxygens (including phenoxy) is 1. The molecule has 1 aromatic rings. The monoisotopic (exact) mass is 270 g/mol. The van der Waals surface area contributed by atoms with Crippen LogP contribution in [-0.2, 0) is 0 Å². The molecule has 82 valence electrons. The molecule has 0 radical (unpaired) electrons. The molecule has 0 bridgehead atoms. The van der Waals surface area contributed by atoms with E-state index in [0.717, 1.165) is 36.2 Å². The SMILES string of the molecule is CN1CCC(Oc2ccncc2Br)CC1. The molecule has 15 heavy (non-hydrogen) atoms. The van der Waals surface area contributed by atoms with Crippen LogP contribution >= 0.6 is 15.9 Å². The molecule has 1 fully saturated rings. The third-order valence-corrected chi connectivity index (χ3v) is 3.29. The van der Waals surface area contributed by atoms with Gasteiger partial charge in [-0.2, -0.15) is 0 Å². The van der Waals surface area contributed by atoms with Gasteiger partial charge in [0.15, 0.2) is 0 Å². The number of likely N-dealkylation sites (tertiary alicyclic amines) is 1. The van der Waals surface area contributed by atoms with E-state index < -0.39 is 0 Å². The highest BCUT2D eigenvalue weighted by Gasteiger charge is 2.18. The van der Waals surface area contributed by atoms with Crippen LogP contribution in [0.4, 0.5) is 0 Å². The van der Waals surface area contributed by atoms with Crippen molar-refractivity contribution < 1.29 is 4.74 Å². The van der Waals surface area contributed by atoms with Gasteiger partial charge in [-0.05, 0) is 41.9 Å². The van der Waals surface area contributed by atoms with Gasteiger partial charge in [-0.3, -0.25) is 4.98 Å². The largest absolute Gasteiger partial charge is 0.489 e. The Hall–Kier alpha value is -0.610. The second-order valence-corrected chi connectivity index (χ2v) is 4.78. The first-order chi connectivity index (χ1) is 7.25. The molecule has 4 heteroatoms. The third-order valence-electron chi connectivity index (χ3n) is 2.69. The lowest BCUT2D eigenvalue weighted by molar-refractivity contribution is 0.113. The van der Waals surface area contributed by atoms with E-state index in [0.29, 0.717) is 6.10 Å². The van der Waals surface area contributed by atoms with Gasteiger partial charge in [0.25, 0.3) is 0 Å². The number of aromatic nitrogens is 1. The Morgan fingerprint density at radius 2 is 2.20 bits per heavy atom. The van der Waals surface area contributed by atoms with Crippen molar-refractivity contribution in [1.82, 2.24) is 9.88 Å². The minimum atomic E-state index is 0.347. The molecule has 0 unspecified atom stereocenters. The van der Waals surface area contributed by atoms with Crippen LogP contribution in [0.3, 0.4) is 0 Å². The van der Waals surface area contributed by atoms with Crippen molar-refractivity contribution in [2.75, 3.05) is 20.1 Å². The Morgan fingerprint density at radius 3 is 2.87 bits per heavy atom. The average Bonchev–Trinajstić information content (AvgIpc) is 2.25. The van der Waals surface area contributed by atoms with Gasteiger partial charge in [0.1, 0.15) is 11.9 Å². The number of pyridine rings is 1. The van der Waals surface area contributed by atoms with E-state index in [-0.39, 0.29) is 0 Å². The smallest absolute Gasteiger partial charge is 0.136 e. The van der Waals surface area contributed by atoms with Crippen LogP contribution in [0.15, 0.2) is 22.9 Å². The van der Waals surface area contributed by atoms with E-state index in [4.69, 9.17) is 4.74 Å². The number of rotatable bonds is 2. The van der Waals surface area contributed by atoms with Gasteiger partial charge in [-0.1, -0.05) is 0 Å². The Labute approximate surface area is 98.6 Å². The van der Waals surface area contributed by atoms with Gasteiger partial charge < -0.3 is 9.64 Å². The molecular formula is C11H15BrN2O. The van der Waals surface area contributed by atoms with Crippen LogP contribution in [0.5, 0.6) is 5.75 Å². The van der Waals surface area contributed by atoms with Gasteiger partial charge >= 0.3 is 0 Å². The van der Waals surface area contributed by atoms with Gasteiger partial charge in [0, 0.05) is 25.5 Å². The molecule has 2 heterocycles. The molecule has 0 aromatic carbocycles. The van der Waals surface area contributed by atoms with Crippen molar-refractivity contribution in [3.8, 4) is 5.75 Å². The van der Waals surface area contributed by atoms with Crippen molar-refractivity contribution >= 4 is 15.9 Å². The molecule has 1 aromatic heterocycles. The molecule has 3 nitrogen and oxygen atoms in total.